The summed E-state index contributed by atoms with van der Waals surface area (Å²) in [6, 6.07) is 6.02. The zero-order valence-corrected chi connectivity index (χ0v) is 16.3. The molecule has 3 rings (SSSR count). The van der Waals surface area contributed by atoms with Crippen LogP contribution < -0.4 is 4.74 Å². The van der Waals surface area contributed by atoms with E-state index in [4.69, 9.17) is 9.47 Å². The maximum Gasteiger partial charge on any atom is 0.310 e. The Morgan fingerprint density at radius 2 is 2.12 bits per heavy atom. The van der Waals surface area contributed by atoms with Gasteiger partial charge in [0.05, 0.1) is 28.6 Å². The molecule has 0 atom stereocenters. The molecule has 6 heteroatoms. The third kappa shape index (κ3) is 4.19. The van der Waals surface area contributed by atoms with Gasteiger partial charge in [0, 0.05) is 4.70 Å². The largest absolute Gasteiger partial charge is 0.488 e. The van der Waals surface area contributed by atoms with Gasteiger partial charge in [0.15, 0.2) is 0 Å². The molecule has 0 amide bonds. The van der Waals surface area contributed by atoms with Crippen LogP contribution in [0.15, 0.2) is 23.6 Å². The first-order chi connectivity index (χ1) is 12.1. The van der Waals surface area contributed by atoms with Gasteiger partial charge in [-0.1, -0.05) is 6.92 Å². The third-order valence-corrected chi connectivity index (χ3v) is 5.84. The Balaban J connectivity index is 1.72. The number of nitrogens with zero attached hydrogens (tertiary/aromatic N) is 1. The number of carbonyl (C=O) groups excluding carboxylic acids is 1. The van der Waals surface area contributed by atoms with Gasteiger partial charge in [-0.2, -0.15) is 0 Å². The van der Waals surface area contributed by atoms with Crippen molar-refractivity contribution < 1.29 is 14.3 Å². The lowest BCUT2D eigenvalue weighted by atomic mass is 10.1. The number of thiophene rings is 1. The summed E-state index contributed by atoms with van der Waals surface area (Å²) in [6.45, 7) is 6.91. The average molecular weight is 376 g/mol. The van der Waals surface area contributed by atoms with Crippen molar-refractivity contribution in [1.82, 2.24) is 4.98 Å². The number of rotatable bonds is 7. The number of carbonyl (C=O) groups is 1. The van der Waals surface area contributed by atoms with E-state index >= 15 is 0 Å². The van der Waals surface area contributed by atoms with Crippen LogP contribution in [-0.4, -0.2) is 17.6 Å². The highest BCUT2D eigenvalue weighted by molar-refractivity contribution is 7.17. The fourth-order valence-electron chi connectivity index (χ4n) is 2.71. The van der Waals surface area contributed by atoms with E-state index in [9.17, 15) is 4.79 Å². The maximum absolute atomic E-state index is 11.7. The summed E-state index contributed by atoms with van der Waals surface area (Å²) in [4.78, 5) is 17.4. The van der Waals surface area contributed by atoms with Crippen molar-refractivity contribution in [3.63, 3.8) is 0 Å². The highest BCUT2D eigenvalue weighted by Crippen LogP contribution is 2.31. The molecule has 2 aromatic heterocycles. The van der Waals surface area contributed by atoms with Crippen LogP contribution in [0.2, 0.25) is 0 Å². The first kappa shape index (κ1) is 17.9. The second kappa shape index (κ2) is 7.97. The van der Waals surface area contributed by atoms with Crippen molar-refractivity contribution in [3.8, 4) is 5.75 Å². The summed E-state index contributed by atoms with van der Waals surface area (Å²) in [6.07, 6.45) is 1.23. The average Bonchev–Trinajstić information content (AvgIpc) is 3.16. The highest BCUT2D eigenvalue weighted by Gasteiger charge is 2.12. The molecule has 0 unspecified atom stereocenters. The smallest absolute Gasteiger partial charge is 0.310 e. The summed E-state index contributed by atoms with van der Waals surface area (Å²) in [7, 11) is 0. The molecule has 0 saturated heterocycles. The van der Waals surface area contributed by atoms with Crippen molar-refractivity contribution >= 4 is 38.7 Å². The summed E-state index contributed by atoms with van der Waals surface area (Å²) in [5.41, 5.74) is 2.13. The molecular formula is C19H21NO3S2. The lowest BCUT2D eigenvalue weighted by Crippen LogP contribution is -2.06. The molecule has 1 aromatic carbocycles. The predicted molar refractivity (Wildman–Crippen MR) is 103 cm³/mol. The van der Waals surface area contributed by atoms with E-state index in [1.54, 1.807) is 22.7 Å². The Bertz CT molecular complexity index is 882. The number of thiazole rings is 1. The Labute approximate surface area is 155 Å². The van der Waals surface area contributed by atoms with Crippen LogP contribution in [-0.2, 0) is 29.0 Å². The molecule has 0 aliphatic rings. The van der Waals surface area contributed by atoms with E-state index in [0.29, 0.717) is 19.6 Å². The molecule has 0 N–H and O–H groups in total. The van der Waals surface area contributed by atoms with E-state index in [1.165, 1.54) is 4.88 Å². The number of aryl methyl sites for hydroxylation is 2. The van der Waals surface area contributed by atoms with Crippen molar-refractivity contribution in [1.29, 1.82) is 0 Å². The number of ether oxygens (including phenoxy) is 2. The molecule has 132 valence electrons. The van der Waals surface area contributed by atoms with Crippen molar-refractivity contribution in [2.75, 3.05) is 6.61 Å². The van der Waals surface area contributed by atoms with E-state index < -0.39 is 0 Å². The Kier molecular flexibility index (Phi) is 5.71. The van der Waals surface area contributed by atoms with E-state index in [-0.39, 0.29) is 5.97 Å². The van der Waals surface area contributed by atoms with Crippen molar-refractivity contribution in [2.24, 2.45) is 0 Å². The molecule has 0 bridgehead atoms. The zero-order chi connectivity index (χ0) is 17.8. The fraction of sp³-hybridized carbons (Fsp3) is 0.368. The fourth-order valence-corrected chi connectivity index (χ4v) is 4.64. The molecule has 0 aliphatic heterocycles. The number of esters is 1. The summed E-state index contributed by atoms with van der Waals surface area (Å²) in [5.74, 6) is 0.653. The second-order valence-corrected chi connectivity index (χ2v) is 7.84. The monoisotopic (exact) mass is 375 g/mol. The van der Waals surface area contributed by atoms with Crippen LogP contribution in [0.5, 0.6) is 5.75 Å². The van der Waals surface area contributed by atoms with Gasteiger partial charge in [-0.05, 0) is 54.8 Å². The SMILES string of the molecule is CCOC(=O)Cc1csc2cc(OCc3sc(C)nc3CC)ccc12. The quantitative estimate of drug-likeness (QED) is 0.550. The van der Waals surface area contributed by atoms with Crippen LogP contribution in [0.3, 0.4) is 0 Å². The van der Waals surface area contributed by atoms with Gasteiger partial charge in [0.25, 0.3) is 0 Å². The molecule has 2 heterocycles. The Hall–Kier alpha value is -1.92. The molecule has 0 fully saturated rings. The molecule has 0 radical (unpaired) electrons. The molecule has 25 heavy (non-hydrogen) atoms. The standard InChI is InChI=1S/C19H21NO3S2/c1-4-16-18(25-12(3)20-16)10-23-14-6-7-15-13(8-19(21)22-5-2)11-24-17(15)9-14/h6-7,9,11H,4-5,8,10H2,1-3H3. The summed E-state index contributed by atoms with van der Waals surface area (Å²) >= 11 is 3.32. The van der Waals surface area contributed by atoms with Gasteiger partial charge in [0.2, 0.25) is 0 Å². The Morgan fingerprint density at radius 1 is 1.28 bits per heavy atom. The number of aromatic nitrogens is 1. The predicted octanol–water partition coefficient (Wildman–Crippen LogP) is 4.91. The number of hydrogen-bond acceptors (Lipinski definition) is 6. The van der Waals surface area contributed by atoms with Crippen LogP contribution in [0, 0.1) is 6.92 Å². The summed E-state index contributed by atoms with van der Waals surface area (Å²) in [5, 5.41) is 4.19. The van der Waals surface area contributed by atoms with Crippen molar-refractivity contribution in [3.05, 3.63) is 44.7 Å². The van der Waals surface area contributed by atoms with E-state index in [2.05, 4.69) is 11.9 Å². The molecular weight excluding hydrogens is 354 g/mol. The molecule has 0 aliphatic carbocycles. The minimum Gasteiger partial charge on any atom is -0.488 e. The van der Waals surface area contributed by atoms with Gasteiger partial charge in [-0.3, -0.25) is 4.79 Å². The van der Waals surface area contributed by atoms with Crippen LogP contribution in [0.4, 0.5) is 0 Å². The van der Waals surface area contributed by atoms with Gasteiger partial charge < -0.3 is 9.47 Å². The zero-order valence-electron chi connectivity index (χ0n) is 14.6. The lowest BCUT2D eigenvalue weighted by Gasteiger charge is -2.06. The number of hydrogen-bond donors (Lipinski definition) is 0. The molecule has 0 spiro atoms. The van der Waals surface area contributed by atoms with Crippen LogP contribution >= 0.6 is 22.7 Å². The number of fused-ring (bicyclic) bond motifs is 1. The minimum absolute atomic E-state index is 0.185. The van der Waals surface area contributed by atoms with Crippen molar-refractivity contribution in [2.45, 2.75) is 40.2 Å². The van der Waals surface area contributed by atoms with E-state index in [1.807, 2.05) is 37.4 Å². The molecule has 3 aromatic rings. The summed E-state index contributed by atoms with van der Waals surface area (Å²) < 4.78 is 12.1. The van der Waals surface area contributed by atoms with E-state index in [0.717, 1.165) is 38.5 Å². The van der Waals surface area contributed by atoms with Gasteiger partial charge in [0.1, 0.15) is 12.4 Å². The number of benzene rings is 1. The first-order valence-corrected chi connectivity index (χ1v) is 10.0. The van der Waals surface area contributed by atoms with Crippen LogP contribution in [0.1, 0.15) is 35.0 Å². The maximum atomic E-state index is 11.7. The second-order valence-electron chi connectivity index (χ2n) is 5.65. The first-order valence-electron chi connectivity index (χ1n) is 8.34. The van der Waals surface area contributed by atoms with Gasteiger partial charge in [-0.15, -0.1) is 22.7 Å². The lowest BCUT2D eigenvalue weighted by molar-refractivity contribution is -0.142. The Morgan fingerprint density at radius 3 is 2.88 bits per heavy atom. The third-order valence-electron chi connectivity index (χ3n) is 3.86. The highest BCUT2D eigenvalue weighted by atomic mass is 32.1. The molecule has 0 saturated carbocycles. The minimum atomic E-state index is -0.185. The molecule has 4 nitrogen and oxygen atoms in total. The van der Waals surface area contributed by atoms with Gasteiger partial charge >= 0.3 is 5.97 Å². The van der Waals surface area contributed by atoms with Gasteiger partial charge in [-0.25, -0.2) is 4.98 Å². The van der Waals surface area contributed by atoms with Crippen LogP contribution in [0.25, 0.3) is 10.1 Å². The topological polar surface area (TPSA) is 48.4 Å². The normalized spacial score (nSPS) is 11.0.